The van der Waals surface area contributed by atoms with Crippen LogP contribution in [0.1, 0.15) is 18.7 Å². The first kappa shape index (κ1) is 19.9. The summed E-state index contributed by atoms with van der Waals surface area (Å²) in [6.07, 6.45) is 3.05. The van der Waals surface area contributed by atoms with Crippen molar-refractivity contribution in [1.82, 2.24) is 24.9 Å². The van der Waals surface area contributed by atoms with Crippen molar-refractivity contribution in [3.63, 3.8) is 0 Å². The van der Waals surface area contributed by atoms with Crippen molar-refractivity contribution in [2.75, 3.05) is 0 Å². The van der Waals surface area contributed by atoms with Gasteiger partial charge in [-0.2, -0.15) is 0 Å². The van der Waals surface area contributed by atoms with Crippen molar-refractivity contribution in [2.24, 2.45) is 7.05 Å². The minimum absolute atomic E-state index is 0. The van der Waals surface area contributed by atoms with Crippen molar-refractivity contribution < 1.29 is 9.26 Å². The lowest BCUT2D eigenvalue weighted by Crippen LogP contribution is -2.07. The van der Waals surface area contributed by atoms with Crippen LogP contribution in [0.5, 0.6) is 6.01 Å². The Morgan fingerprint density at radius 3 is 2.61 bits per heavy atom. The lowest BCUT2D eigenvalue weighted by atomic mass is 10.1. The zero-order valence-electron chi connectivity index (χ0n) is 15.1. The van der Waals surface area contributed by atoms with Crippen LogP contribution in [0, 0.1) is 0 Å². The molecule has 1 unspecified atom stereocenters. The smallest absolute Gasteiger partial charge is 0.317 e. The fraction of sp³-hybridized carbons (Fsp3) is 0.158. The number of ether oxygens (including phenoxy) is 1. The van der Waals surface area contributed by atoms with Crippen molar-refractivity contribution >= 4 is 24.0 Å². The topological polar surface area (TPSA) is 78.9 Å². The van der Waals surface area contributed by atoms with E-state index < -0.39 is 0 Å². The average molecular weight is 418 g/mol. The Morgan fingerprint density at radius 2 is 1.86 bits per heavy atom. The van der Waals surface area contributed by atoms with Crippen LogP contribution in [-0.4, -0.2) is 24.9 Å². The van der Waals surface area contributed by atoms with Crippen molar-refractivity contribution in [2.45, 2.75) is 13.0 Å². The van der Waals surface area contributed by atoms with Gasteiger partial charge in [-0.3, -0.25) is 9.55 Å². The summed E-state index contributed by atoms with van der Waals surface area (Å²) in [7, 11) is 1.85. The molecule has 0 aliphatic carbocycles. The van der Waals surface area contributed by atoms with Gasteiger partial charge in [0.15, 0.2) is 11.6 Å². The number of pyridine rings is 1. The Hall–Kier alpha value is -2.90. The highest BCUT2D eigenvalue weighted by Gasteiger charge is 2.19. The number of halogens is 2. The van der Waals surface area contributed by atoms with Gasteiger partial charge in [-0.15, -0.1) is 17.5 Å². The molecule has 0 spiro atoms. The molecule has 3 aromatic heterocycles. The van der Waals surface area contributed by atoms with E-state index in [0.29, 0.717) is 28.3 Å². The van der Waals surface area contributed by atoms with E-state index >= 15 is 0 Å². The molecule has 1 atom stereocenters. The van der Waals surface area contributed by atoms with Crippen LogP contribution in [0.25, 0.3) is 22.7 Å². The highest BCUT2D eigenvalue weighted by molar-refractivity contribution is 6.30. The van der Waals surface area contributed by atoms with Gasteiger partial charge in [-0.05, 0) is 31.2 Å². The molecule has 0 bridgehead atoms. The van der Waals surface area contributed by atoms with Gasteiger partial charge < -0.3 is 9.26 Å². The summed E-state index contributed by atoms with van der Waals surface area (Å²) in [5.74, 6) is 1.32. The number of hydrogen-bond acceptors (Lipinski definition) is 6. The Labute approximate surface area is 172 Å². The molecule has 0 aliphatic rings. The van der Waals surface area contributed by atoms with Gasteiger partial charge in [0.1, 0.15) is 11.8 Å². The molecule has 0 amide bonds. The van der Waals surface area contributed by atoms with E-state index in [2.05, 4.69) is 20.3 Å². The summed E-state index contributed by atoms with van der Waals surface area (Å²) in [5, 5.41) is 13.1. The molecule has 0 saturated carbocycles. The first-order chi connectivity index (χ1) is 13.1. The molecule has 3 heterocycles. The normalized spacial score (nSPS) is 11.7. The van der Waals surface area contributed by atoms with Gasteiger partial charge in [0.05, 0.1) is 0 Å². The van der Waals surface area contributed by atoms with Gasteiger partial charge in [0.25, 0.3) is 0 Å². The number of aromatic nitrogens is 5. The highest BCUT2D eigenvalue weighted by atomic mass is 35.5. The summed E-state index contributed by atoms with van der Waals surface area (Å²) >= 11 is 6.03. The second-order valence-electron chi connectivity index (χ2n) is 5.99. The minimum atomic E-state index is -0.366. The molecule has 7 nitrogen and oxygen atoms in total. The molecular formula is C19H17Cl2N5O2. The maximum Gasteiger partial charge on any atom is 0.317 e. The molecule has 0 saturated heterocycles. The van der Waals surface area contributed by atoms with Crippen molar-refractivity contribution in [1.29, 1.82) is 0 Å². The van der Waals surface area contributed by atoms with Crippen LogP contribution in [-0.2, 0) is 7.05 Å². The van der Waals surface area contributed by atoms with Gasteiger partial charge in [-0.1, -0.05) is 34.0 Å². The Kier molecular flexibility index (Phi) is 5.96. The molecule has 0 radical (unpaired) electrons. The molecule has 0 aliphatic heterocycles. The van der Waals surface area contributed by atoms with E-state index in [-0.39, 0.29) is 18.5 Å². The molecule has 1 aromatic carbocycles. The summed E-state index contributed by atoms with van der Waals surface area (Å²) in [4.78, 5) is 4.01. The fourth-order valence-electron chi connectivity index (χ4n) is 2.65. The highest BCUT2D eigenvalue weighted by Crippen LogP contribution is 2.28. The Bertz CT molecular complexity index is 1070. The largest absolute Gasteiger partial charge is 0.454 e. The summed E-state index contributed by atoms with van der Waals surface area (Å²) in [6.45, 7) is 1.88. The van der Waals surface area contributed by atoms with E-state index in [4.69, 9.17) is 20.9 Å². The number of rotatable bonds is 5. The quantitative estimate of drug-likeness (QED) is 0.466. The van der Waals surface area contributed by atoms with Crippen LogP contribution in [0.3, 0.4) is 0 Å². The number of nitrogens with zero attached hydrogens (tertiary/aromatic N) is 5. The van der Waals surface area contributed by atoms with Gasteiger partial charge in [0.2, 0.25) is 0 Å². The summed E-state index contributed by atoms with van der Waals surface area (Å²) in [5.41, 5.74) is 2.41. The lowest BCUT2D eigenvalue weighted by molar-refractivity contribution is 0.190. The zero-order valence-corrected chi connectivity index (χ0v) is 16.7. The zero-order chi connectivity index (χ0) is 18.8. The van der Waals surface area contributed by atoms with Gasteiger partial charge in [-0.25, -0.2) is 0 Å². The SMILES string of the molecule is CC(Oc1nnc(-c2ccncc2)n1C)c1cc(-c2cccc(Cl)c2)on1.Cl. The minimum Gasteiger partial charge on any atom is -0.454 e. The molecule has 4 rings (SSSR count). The fourth-order valence-corrected chi connectivity index (χ4v) is 2.84. The Morgan fingerprint density at radius 1 is 1.07 bits per heavy atom. The van der Waals surface area contributed by atoms with Crippen LogP contribution in [0.15, 0.2) is 59.4 Å². The lowest BCUT2D eigenvalue weighted by Gasteiger charge is -2.10. The third-order valence-electron chi connectivity index (χ3n) is 4.11. The van der Waals surface area contributed by atoms with E-state index in [1.807, 2.05) is 56.4 Å². The number of hydrogen-bond donors (Lipinski definition) is 0. The van der Waals surface area contributed by atoms with E-state index in [1.165, 1.54) is 0 Å². The maximum atomic E-state index is 6.03. The second-order valence-corrected chi connectivity index (χ2v) is 6.42. The molecular weight excluding hydrogens is 401 g/mol. The van der Waals surface area contributed by atoms with Crippen LogP contribution in [0.2, 0.25) is 5.02 Å². The second kappa shape index (κ2) is 8.41. The predicted molar refractivity (Wildman–Crippen MR) is 107 cm³/mol. The maximum absolute atomic E-state index is 6.03. The van der Waals surface area contributed by atoms with Crippen molar-refractivity contribution in [3.8, 4) is 28.7 Å². The molecule has 9 heteroatoms. The van der Waals surface area contributed by atoms with E-state index in [0.717, 1.165) is 11.1 Å². The molecule has 4 aromatic rings. The molecule has 28 heavy (non-hydrogen) atoms. The van der Waals surface area contributed by atoms with E-state index in [9.17, 15) is 0 Å². The predicted octanol–water partition coefficient (Wildman–Crippen LogP) is 4.75. The van der Waals surface area contributed by atoms with Crippen LogP contribution in [0.4, 0.5) is 0 Å². The molecule has 0 N–H and O–H groups in total. The first-order valence-electron chi connectivity index (χ1n) is 8.31. The third kappa shape index (κ3) is 4.00. The van der Waals surface area contributed by atoms with Crippen molar-refractivity contribution in [3.05, 3.63) is 65.6 Å². The van der Waals surface area contributed by atoms with Crippen LogP contribution >= 0.6 is 24.0 Å². The van der Waals surface area contributed by atoms with Gasteiger partial charge in [0, 0.05) is 41.7 Å². The molecule has 0 fully saturated rings. The Balaban J connectivity index is 0.00000225. The van der Waals surface area contributed by atoms with Crippen LogP contribution < -0.4 is 4.74 Å². The standard InChI is InChI=1S/C19H16ClN5O2.ClH/c1-12(16-11-17(27-24-16)14-4-3-5-15(20)10-14)26-19-23-22-18(25(19)2)13-6-8-21-9-7-13;/h3-12H,1-2H3;1H. The average Bonchev–Trinajstić information content (AvgIpc) is 3.31. The van der Waals surface area contributed by atoms with E-state index in [1.54, 1.807) is 17.0 Å². The first-order valence-corrected chi connectivity index (χ1v) is 8.68. The summed E-state index contributed by atoms with van der Waals surface area (Å²) < 4.78 is 13.1. The monoisotopic (exact) mass is 417 g/mol. The van der Waals surface area contributed by atoms with Gasteiger partial charge >= 0.3 is 6.01 Å². The number of benzene rings is 1. The third-order valence-corrected chi connectivity index (χ3v) is 4.34. The summed E-state index contributed by atoms with van der Waals surface area (Å²) in [6, 6.07) is 13.4. The molecule has 144 valence electrons.